The number of hydrogen-bond donors (Lipinski definition) is 1. The van der Waals surface area contributed by atoms with Gasteiger partial charge in [-0.1, -0.05) is 6.42 Å². The van der Waals surface area contributed by atoms with E-state index in [1.807, 2.05) is 0 Å². The average molecular weight is 156 g/mol. The molecule has 2 aliphatic heterocycles. The van der Waals surface area contributed by atoms with Crippen LogP contribution in [0.1, 0.15) is 19.3 Å². The number of epoxide rings is 1. The fourth-order valence-corrected chi connectivity index (χ4v) is 1.80. The van der Waals surface area contributed by atoms with E-state index in [1.165, 1.54) is 32.4 Å². The first kappa shape index (κ1) is 7.53. The van der Waals surface area contributed by atoms with Gasteiger partial charge in [-0.2, -0.15) is 0 Å². The smallest absolute Gasteiger partial charge is 0.139 e. The summed E-state index contributed by atoms with van der Waals surface area (Å²) < 4.78 is 5.41. The van der Waals surface area contributed by atoms with E-state index in [4.69, 9.17) is 10.5 Å². The zero-order chi connectivity index (χ0) is 7.68. The van der Waals surface area contributed by atoms with E-state index in [9.17, 15) is 0 Å². The number of ether oxygens (including phenoxy) is 1. The Balaban J connectivity index is 1.77. The third-order valence-electron chi connectivity index (χ3n) is 2.54. The van der Waals surface area contributed by atoms with Gasteiger partial charge in [-0.3, -0.25) is 4.90 Å². The summed E-state index contributed by atoms with van der Waals surface area (Å²) >= 11 is 0. The van der Waals surface area contributed by atoms with Crippen LogP contribution in [-0.4, -0.2) is 36.9 Å². The summed E-state index contributed by atoms with van der Waals surface area (Å²) in [6, 6.07) is 0. The molecule has 0 saturated carbocycles. The number of likely N-dealkylation sites (tertiary alicyclic amines) is 1. The average Bonchev–Trinajstić information content (AvgIpc) is 2.85. The third-order valence-corrected chi connectivity index (χ3v) is 2.54. The first-order valence-electron chi connectivity index (χ1n) is 4.51. The molecular formula is C8H16N2O. The lowest BCUT2D eigenvalue weighted by atomic mass is 10.1. The van der Waals surface area contributed by atoms with Gasteiger partial charge in [-0.25, -0.2) is 0 Å². The van der Waals surface area contributed by atoms with Gasteiger partial charge in [0.05, 0.1) is 0 Å². The molecule has 0 aromatic rings. The highest BCUT2D eigenvalue weighted by atomic mass is 16.6. The summed E-state index contributed by atoms with van der Waals surface area (Å²) in [6.07, 6.45) is 4.76. The standard InChI is InChI=1S/C8H16N2O/c9-6-7-8(11-7)10-4-2-1-3-5-10/h7-8H,1-6,9H2. The monoisotopic (exact) mass is 156 g/mol. The summed E-state index contributed by atoms with van der Waals surface area (Å²) in [5.41, 5.74) is 5.48. The van der Waals surface area contributed by atoms with E-state index in [0.717, 1.165) is 0 Å². The third kappa shape index (κ3) is 1.55. The van der Waals surface area contributed by atoms with Crippen LogP contribution in [-0.2, 0) is 4.74 Å². The van der Waals surface area contributed by atoms with Crippen molar-refractivity contribution in [1.29, 1.82) is 0 Å². The molecule has 3 nitrogen and oxygen atoms in total. The molecule has 0 amide bonds. The Bertz CT molecular complexity index is 134. The number of nitrogens with two attached hydrogens (primary N) is 1. The minimum Gasteiger partial charge on any atom is -0.352 e. The van der Waals surface area contributed by atoms with Crippen LogP contribution in [0, 0.1) is 0 Å². The Morgan fingerprint density at radius 2 is 2.00 bits per heavy atom. The van der Waals surface area contributed by atoms with Gasteiger partial charge in [0, 0.05) is 19.6 Å². The van der Waals surface area contributed by atoms with Crippen LogP contribution in [0.5, 0.6) is 0 Å². The van der Waals surface area contributed by atoms with Crippen molar-refractivity contribution < 1.29 is 4.74 Å². The molecule has 2 heterocycles. The molecule has 0 aromatic heterocycles. The Morgan fingerprint density at radius 1 is 1.27 bits per heavy atom. The minimum absolute atomic E-state index is 0.341. The van der Waals surface area contributed by atoms with Gasteiger partial charge in [-0.15, -0.1) is 0 Å². The van der Waals surface area contributed by atoms with Crippen molar-refractivity contribution in [2.24, 2.45) is 5.73 Å². The molecule has 0 aliphatic carbocycles. The van der Waals surface area contributed by atoms with Gasteiger partial charge in [0.25, 0.3) is 0 Å². The molecule has 0 spiro atoms. The quantitative estimate of drug-likeness (QED) is 0.579. The van der Waals surface area contributed by atoms with Crippen molar-refractivity contribution >= 4 is 0 Å². The number of piperidine rings is 1. The van der Waals surface area contributed by atoms with E-state index in [-0.39, 0.29) is 0 Å². The summed E-state index contributed by atoms with van der Waals surface area (Å²) in [7, 11) is 0. The molecule has 2 aliphatic rings. The minimum atomic E-state index is 0.341. The Morgan fingerprint density at radius 3 is 2.55 bits per heavy atom. The maximum Gasteiger partial charge on any atom is 0.139 e. The van der Waals surface area contributed by atoms with Crippen LogP contribution >= 0.6 is 0 Å². The van der Waals surface area contributed by atoms with Crippen molar-refractivity contribution in [3.8, 4) is 0 Å². The maximum atomic E-state index is 5.48. The van der Waals surface area contributed by atoms with Crippen LogP contribution in [0.3, 0.4) is 0 Å². The van der Waals surface area contributed by atoms with Crippen molar-refractivity contribution in [3.05, 3.63) is 0 Å². The van der Waals surface area contributed by atoms with Crippen LogP contribution < -0.4 is 5.73 Å². The predicted octanol–water partition coefficient (Wildman–Crippen LogP) is 0.156. The summed E-state index contributed by atoms with van der Waals surface area (Å²) in [5.74, 6) is 0. The van der Waals surface area contributed by atoms with E-state index in [2.05, 4.69) is 4.90 Å². The predicted molar refractivity (Wildman–Crippen MR) is 43.1 cm³/mol. The lowest BCUT2D eigenvalue weighted by Crippen LogP contribution is -2.34. The molecule has 2 atom stereocenters. The number of rotatable bonds is 2. The molecule has 2 fully saturated rings. The van der Waals surface area contributed by atoms with E-state index in [0.29, 0.717) is 18.9 Å². The molecule has 0 aromatic carbocycles. The van der Waals surface area contributed by atoms with Gasteiger partial charge in [0.1, 0.15) is 12.3 Å². The first-order valence-corrected chi connectivity index (χ1v) is 4.51. The normalized spacial score (nSPS) is 39.0. The molecule has 0 bridgehead atoms. The summed E-state index contributed by atoms with van der Waals surface area (Å²) in [5, 5.41) is 0. The molecule has 11 heavy (non-hydrogen) atoms. The first-order chi connectivity index (χ1) is 5.42. The highest BCUT2D eigenvalue weighted by Crippen LogP contribution is 2.27. The van der Waals surface area contributed by atoms with Crippen molar-refractivity contribution in [2.45, 2.75) is 31.6 Å². The second kappa shape index (κ2) is 3.09. The van der Waals surface area contributed by atoms with Crippen molar-refractivity contribution in [3.63, 3.8) is 0 Å². The van der Waals surface area contributed by atoms with Gasteiger partial charge < -0.3 is 10.5 Å². The molecule has 2 N–H and O–H groups in total. The molecule has 64 valence electrons. The van der Waals surface area contributed by atoms with Gasteiger partial charge in [0.2, 0.25) is 0 Å². The fraction of sp³-hybridized carbons (Fsp3) is 1.00. The van der Waals surface area contributed by atoms with Crippen LogP contribution in [0.2, 0.25) is 0 Å². The lowest BCUT2D eigenvalue weighted by molar-refractivity contribution is 0.149. The maximum absolute atomic E-state index is 5.48. The Labute approximate surface area is 67.5 Å². The summed E-state index contributed by atoms with van der Waals surface area (Å²) in [6.45, 7) is 3.10. The Kier molecular flexibility index (Phi) is 2.11. The molecule has 2 rings (SSSR count). The van der Waals surface area contributed by atoms with Crippen molar-refractivity contribution in [2.75, 3.05) is 19.6 Å². The van der Waals surface area contributed by atoms with Crippen LogP contribution in [0.25, 0.3) is 0 Å². The van der Waals surface area contributed by atoms with Gasteiger partial charge in [-0.05, 0) is 12.8 Å². The molecule has 3 heteroatoms. The zero-order valence-corrected chi connectivity index (χ0v) is 6.83. The van der Waals surface area contributed by atoms with E-state index < -0.39 is 0 Å². The number of nitrogens with zero attached hydrogens (tertiary/aromatic N) is 1. The van der Waals surface area contributed by atoms with Crippen LogP contribution in [0.15, 0.2) is 0 Å². The topological polar surface area (TPSA) is 41.8 Å². The Hall–Kier alpha value is -0.120. The molecular weight excluding hydrogens is 140 g/mol. The molecule has 2 unspecified atom stereocenters. The number of hydrogen-bond acceptors (Lipinski definition) is 3. The van der Waals surface area contributed by atoms with Crippen LogP contribution in [0.4, 0.5) is 0 Å². The lowest BCUT2D eigenvalue weighted by Gasteiger charge is -2.24. The van der Waals surface area contributed by atoms with Crippen molar-refractivity contribution in [1.82, 2.24) is 4.90 Å². The second-order valence-electron chi connectivity index (χ2n) is 3.40. The molecule has 2 saturated heterocycles. The van der Waals surface area contributed by atoms with E-state index >= 15 is 0 Å². The largest absolute Gasteiger partial charge is 0.352 e. The molecule has 0 radical (unpaired) electrons. The van der Waals surface area contributed by atoms with Gasteiger partial charge in [0.15, 0.2) is 0 Å². The van der Waals surface area contributed by atoms with Gasteiger partial charge >= 0.3 is 0 Å². The SMILES string of the molecule is NCC1OC1N1CCCCC1. The fourth-order valence-electron chi connectivity index (χ4n) is 1.80. The second-order valence-corrected chi connectivity index (χ2v) is 3.40. The highest BCUT2D eigenvalue weighted by Gasteiger charge is 2.42. The highest BCUT2D eigenvalue weighted by molar-refractivity contribution is 4.86. The summed E-state index contributed by atoms with van der Waals surface area (Å²) in [4.78, 5) is 2.42. The van der Waals surface area contributed by atoms with E-state index in [1.54, 1.807) is 0 Å². The zero-order valence-electron chi connectivity index (χ0n) is 6.83.